The van der Waals surface area contributed by atoms with Crippen LogP contribution in [0.1, 0.15) is 25.7 Å². The van der Waals surface area contributed by atoms with Crippen LogP contribution in [0.2, 0.25) is 0 Å². The van der Waals surface area contributed by atoms with Gasteiger partial charge >= 0.3 is 0 Å². The summed E-state index contributed by atoms with van der Waals surface area (Å²) in [7, 11) is 0. The monoisotopic (exact) mass is 184 g/mol. The molecule has 0 aromatic heterocycles. The van der Waals surface area contributed by atoms with Gasteiger partial charge in [-0.2, -0.15) is 0 Å². The normalized spacial score (nSPS) is 40.3. The van der Waals surface area contributed by atoms with Crippen molar-refractivity contribution in [2.24, 2.45) is 5.73 Å². The molecular formula is C9H16N2O2. The van der Waals surface area contributed by atoms with Crippen molar-refractivity contribution in [1.29, 1.82) is 0 Å². The Labute approximate surface area is 77.7 Å². The summed E-state index contributed by atoms with van der Waals surface area (Å²) in [6, 6.07) is -0.283. The number of carbonyl (C=O) groups excluding carboxylic acids is 1. The lowest BCUT2D eigenvalue weighted by Crippen LogP contribution is -2.44. The molecule has 3 N–H and O–H groups in total. The fraction of sp³-hybridized carbons (Fsp3) is 0.889. The maximum atomic E-state index is 11.5. The molecule has 0 aromatic carbocycles. The molecule has 4 heteroatoms. The SMILES string of the molecule is NC1CCN(C2CCCC2O)C1=O. The molecule has 1 aliphatic carbocycles. The molecule has 1 saturated heterocycles. The van der Waals surface area contributed by atoms with Crippen LogP contribution in [0.25, 0.3) is 0 Å². The minimum Gasteiger partial charge on any atom is -0.391 e. The van der Waals surface area contributed by atoms with E-state index in [9.17, 15) is 9.90 Å². The molecule has 1 amide bonds. The lowest BCUT2D eigenvalue weighted by molar-refractivity contribution is -0.132. The number of aliphatic hydroxyl groups is 1. The smallest absolute Gasteiger partial charge is 0.239 e. The molecule has 3 atom stereocenters. The Morgan fingerprint density at radius 2 is 2.15 bits per heavy atom. The zero-order valence-electron chi connectivity index (χ0n) is 7.65. The summed E-state index contributed by atoms with van der Waals surface area (Å²) in [5, 5.41) is 9.62. The van der Waals surface area contributed by atoms with Gasteiger partial charge in [0.15, 0.2) is 0 Å². The summed E-state index contributed by atoms with van der Waals surface area (Å²) in [6.45, 7) is 0.724. The molecule has 2 fully saturated rings. The van der Waals surface area contributed by atoms with E-state index in [-0.39, 0.29) is 24.1 Å². The van der Waals surface area contributed by atoms with E-state index in [4.69, 9.17) is 5.73 Å². The number of rotatable bonds is 1. The van der Waals surface area contributed by atoms with Gasteiger partial charge in [-0.1, -0.05) is 0 Å². The summed E-state index contributed by atoms with van der Waals surface area (Å²) < 4.78 is 0. The molecule has 0 bridgehead atoms. The molecule has 0 radical (unpaired) electrons. The summed E-state index contributed by atoms with van der Waals surface area (Å²) >= 11 is 0. The van der Waals surface area contributed by atoms with E-state index in [1.165, 1.54) is 0 Å². The van der Waals surface area contributed by atoms with Gasteiger partial charge in [0.25, 0.3) is 0 Å². The highest BCUT2D eigenvalue weighted by atomic mass is 16.3. The van der Waals surface area contributed by atoms with Crippen molar-refractivity contribution in [2.45, 2.75) is 43.9 Å². The Morgan fingerprint density at radius 1 is 1.38 bits per heavy atom. The topological polar surface area (TPSA) is 66.6 Å². The Bertz CT molecular complexity index is 220. The third-order valence-electron chi connectivity index (χ3n) is 3.13. The highest BCUT2D eigenvalue weighted by Gasteiger charge is 2.38. The Hall–Kier alpha value is -0.610. The molecule has 4 nitrogen and oxygen atoms in total. The Balaban J connectivity index is 2.04. The minimum absolute atomic E-state index is 0.0194. The number of nitrogens with two attached hydrogens (primary N) is 1. The van der Waals surface area contributed by atoms with E-state index in [1.54, 1.807) is 4.90 Å². The van der Waals surface area contributed by atoms with Gasteiger partial charge in [0.2, 0.25) is 5.91 Å². The fourth-order valence-electron chi connectivity index (χ4n) is 2.34. The lowest BCUT2D eigenvalue weighted by atomic mass is 10.2. The zero-order chi connectivity index (χ0) is 9.42. The first-order valence-electron chi connectivity index (χ1n) is 4.94. The highest BCUT2D eigenvalue weighted by Crippen LogP contribution is 2.27. The fourth-order valence-corrected chi connectivity index (χ4v) is 2.34. The molecule has 2 rings (SSSR count). The summed E-state index contributed by atoms with van der Waals surface area (Å²) in [5.41, 5.74) is 5.61. The zero-order valence-corrected chi connectivity index (χ0v) is 7.65. The average Bonchev–Trinajstić information content (AvgIpc) is 2.62. The molecule has 74 valence electrons. The van der Waals surface area contributed by atoms with Crippen molar-refractivity contribution >= 4 is 5.91 Å². The van der Waals surface area contributed by atoms with E-state index < -0.39 is 0 Å². The summed E-state index contributed by atoms with van der Waals surface area (Å²) in [4.78, 5) is 13.3. The van der Waals surface area contributed by atoms with Crippen LogP contribution in [0.3, 0.4) is 0 Å². The Kier molecular flexibility index (Phi) is 2.26. The summed E-state index contributed by atoms with van der Waals surface area (Å²) in [5.74, 6) is 0.0194. The first-order valence-corrected chi connectivity index (χ1v) is 4.94. The number of nitrogens with zero attached hydrogens (tertiary/aromatic N) is 1. The average molecular weight is 184 g/mol. The number of amides is 1. The first kappa shape index (κ1) is 8.97. The molecule has 0 spiro atoms. The van der Waals surface area contributed by atoms with E-state index in [0.717, 1.165) is 32.2 Å². The number of likely N-dealkylation sites (tertiary alicyclic amines) is 1. The number of hydrogen-bond donors (Lipinski definition) is 2. The van der Waals surface area contributed by atoms with Crippen LogP contribution in [0.5, 0.6) is 0 Å². The van der Waals surface area contributed by atoms with Crippen LogP contribution in [-0.2, 0) is 4.79 Å². The Morgan fingerprint density at radius 3 is 2.62 bits per heavy atom. The minimum atomic E-state index is -0.326. The van der Waals surface area contributed by atoms with E-state index >= 15 is 0 Å². The maximum absolute atomic E-state index is 11.5. The van der Waals surface area contributed by atoms with Crippen LogP contribution in [0.4, 0.5) is 0 Å². The van der Waals surface area contributed by atoms with Crippen molar-refractivity contribution in [3.05, 3.63) is 0 Å². The molecule has 0 aromatic rings. The second kappa shape index (κ2) is 3.27. The van der Waals surface area contributed by atoms with E-state index in [2.05, 4.69) is 0 Å². The van der Waals surface area contributed by atoms with Gasteiger partial charge in [0, 0.05) is 6.54 Å². The van der Waals surface area contributed by atoms with Crippen LogP contribution in [0, 0.1) is 0 Å². The van der Waals surface area contributed by atoms with Gasteiger partial charge in [-0.15, -0.1) is 0 Å². The molecule has 1 aliphatic heterocycles. The van der Waals surface area contributed by atoms with Crippen LogP contribution >= 0.6 is 0 Å². The number of hydrogen-bond acceptors (Lipinski definition) is 3. The molecule has 13 heavy (non-hydrogen) atoms. The summed E-state index contributed by atoms with van der Waals surface area (Å²) in [6.07, 6.45) is 3.19. The van der Waals surface area contributed by atoms with Crippen molar-refractivity contribution in [2.75, 3.05) is 6.54 Å². The number of aliphatic hydroxyl groups excluding tert-OH is 1. The number of carbonyl (C=O) groups is 1. The molecule has 1 saturated carbocycles. The predicted molar refractivity (Wildman–Crippen MR) is 48.0 cm³/mol. The van der Waals surface area contributed by atoms with Crippen molar-refractivity contribution in [3.63, 3.8) is 0 Å². The van der Waals surface area contributed by atoms with Gasteiger partial charge in [-0.05, 0) is 25.7 Å². The third kappa shape index (κ3) is 1.44. The largest absolute Gasteiger partial charge is 0.391 e. The molecule has 1 heterocycles. The van der Waals surface area contributed by atoms with Crippen molar-refractivity contribution < 1.29 is 9.90 Å². The van der Waals surface area contributed by atoms with Gasteiger partial charge in [-0.25, -0.2) is 0 Å². The molecular weight excluding hydrogens is 168 g/mol. The lowest BCUT2D eigenvalue weighted by Gasteiger charge is -2.26. The third-order valence-corrected chi connectivity index (χ3v) is 3.13. The van der Waals surface area contributed by atoms with Gasteiger partial charge in [0.05, 0.1) is 18.2 Å². The second-order valence-electron chi connectivity index (χ2n) is 3.99. The quantitative estimate of drug-likeness (QED) is 0.575. The first-order chi connectivity index (χ1) is 6.20. The van der Waals surface area contributed by atoms with Crippen LogP contribution < -0.4 is 5.73 Å². The standard InChI is InChI=1S/C9H16N2O2/c10-6-4-5-11(9(6)13)7-2-1-3-8(7)12/h6-8,12H,1-5,10H2. The molecule has 2 aliphatic rings. The van der Waals surface area contributed by atoms with Gasteiger partial charge in [-0.3, -0.25) is 4.79 Å². The second-order valence-corrected chi connectivity index (χ2v) is 3.99. The maximum Gasteiger partial charge on any atom is 0.239 e. The van der Waals surface area contributed by atoms with Crippen molar-refractivity contribution in [3.8, 4) is 0 Å². The molecule has 3 unspecified atom stereocenters. The van der Waals surface area contributed by atoms with Crippen molar-refractivity contribution in [1.82, 2.24) is 4.90 Å². The van der Waals surface area contributed by atoms with Gasteiger partial charge in [0.1, 0.15) is 0 Å². The van der Waals surface area contributed by atoms with E-state index in [1.807, 2.05) is 0 Å². The van der Waals surface area contributed by atoms with Crippen LogP contribution in [0.15, 0.2) is 0 Å². The van der Waals surface area contributed by atoms with Gasteiger partial charge < -0.3 is 15.7 Å². The highest BCUT2D eigenvalue weighted by molar-refractivity contribution is 5.84. The van der Waals surface area contributed by atoms with Crippen LogP contribution in [-0.4, -0.2) is 40.6 Å². The van der Waals surface area contributed by atoms with E-state index in [0.29, 0.717) is 0 Å². The predicted octanol–water partition coefficient (Wildman–Crippen LogP) is -0.541.